The Hall–Kier alpha value is -3.39. The summed E-state index contributed by atoms with van der Waals surface area (Å²) in [4.78, 5) is 25.4. The van der Waals surface area contributed by atoms with Gasteiger partial charge in [-0.05, 0) is 69.5 Å². The topological polar surface area (TPSA) is 114 Å². The van der Waals surface area contributed by atoms with Crippen LogP contribution in [0.25, 0.3) is 10.9 Å². The van der Waals surface area contributed by atoms with Gasteiger partial charge in [-0.25, -0.2) is 0 Å². The number of amides is 2. The van der Waals surface area contributed by atoms with Gasteiger partial charge in [0.15, 0.2) is 5.69 Å². The number of piperidine rings is 1. The van der Waals surface area contributed by atoms with Crippen molar-refractivity contribution < 1.29 is 9.59 Å². The van der Waals surface area contributed by atoms with Crippen LogP contribution < -0.4 is 21.7 Å². The van der Waals surface area contributed by atoms with Crippen LogP contribution in [0.2, 0.25) is 0 Å². The summed E-state index contributed by atoms with van der Waals surface area (Å²) in [5.74, 6) is 0.123. The number of fused-ring (bicyclic) bond motifs is 1. The van der Waals surface area contributed by atoms with Crippen LogP contribution in [-0.2, 0) is 4.79 Å². The number of para-hydroxylation sites is 1. The van der Waals surface area contributed by atoms with Crippen LogP contribution in [0, 0.1) is 5.92 Å². The molecule has 0 bridgehead atoms. The molecule has 5 N–H and O–H groups in total. The number of hydrogen-bond acceptors (Lipinski definition) is 5. The molecule has 8 nitrogen and oxygen atoms in total. The Bertz CT molecular complexity index is 1120. The molecule has 1 aliphatic heterocycles. The molecule has 174 valence electrons. The quantitative estimate of drug-likeness (QED) is 0.414. The lowest BCUT2D eigenvalue weighted by atomic mass is 9.90. The number of rotatable bonds is 7. The summed E-state index contributed by atoms with van der Waals surface area (Å²) in [5, 5.41) is 14.9. The second kappa shape index (κ2) is 10.0. The van der Waals surface area contributed by atoms with Crippen LogP contribution in [0.15, 0.2) is 48.5 Å². The van der Waals surface area contributed by atoms with Gasteiger partial charge in [0.05, 0.1) is 5.52 Å². The van der Waals surface area contributed by atoms with Crippen LogP contribution in [0.1, 0.15) is 49.6 Å². The number of nitrogens with zero attached hydrogens (tertiary/aromatic N) is 2. The Morgan fingerprint density at radius 2 is 1.94 bits per heavy atom. The number of anilines is 2. The summed E-state index contributed by atoms with van der Waals surface area (Å²) in [5.41, 5.74) is 8.52. The summed E-state index contributed by atoms with van der Waals surface area (Å²) in [6.45, 7) is 5.50. The molecule has 2 aromatic carbocycles. The first-order valence-corrected chi connectivity index (χ1v) is 11.5. The van der Waals surface area contributed by atoms with Crippen molar-refractivity contribution in [2.75, 3.05) is 24.1 Å². The van der Waals surface area contributed by atoms with Crippen LogP contribution >= 0.6 is 0 Å². The van der Waals surface area contributed by atoms with E-state index in [2.05, 4.69) is 34.9 Å². The van der Waals surface area contributed by atoms with E-state index in [1.165, 1.54) is 0 Å². The number of nitrogens with one attached hydrogen (secondary N) is 3. The number of hydrogen-bond donors (Lipinski definition) is 4. The third kappa shape index (κ3) is 5.51. The SMILES string of the molecule is CC(C)n1nc(C(=O)NCC2CCNC(CC(=O)Nc3ccc(N)cc3)C2)c2ccccc21. The first-order chi connectivity index (χ1) is 15.9. The van der Waals surface area contributed by atoms with Crippen molar-refractivity contribution in [3.05, 3.63) is 54.2 Å². The molecular weight excluding hydrogens is 416 g/mol. The van der Waals surface area contributed by atoms with Crippen molar-refractivity contribution >= 4 is 34.1 Å². The highest BCUT2D eigenvalue weighted by atomic mass is 16.2. The van der Waals surface area contributed by atoms with Gasteiger partial charge in [-0.1, -0.05) is 18.2 Å². The molecule has 33 heavy (non-hydrogen) atoms. The molecule has 1 aliphatic rings. The fourth-order valence-corrected chi connectivity index (χ4v) is 4.41. The van der Waals surface area contributed by atoms with Crippen molar-refractivity contribution in [3.63, 3.8) is 0 Å². The number of nitrogens with two attached hydrogens (primary N) is 1. The van der Waals surface area contributed by atoms with Gasteiger partial charge in [-0.2, -0.15) is 5.10 Å². The van der Waals surface area contributed by atoms with Gasteiger partial charge in [0.25, 0.3) is 5.91 Å². The second-order valence-electron chi connectivity index (χ2n) is 9.03. The minimum Gasteiger partial charge on any atom is -0.399 e. The first-order valence-electron chi connectivity index (χ1n) is 11.5. The first kappa shape index (κ1) is 22.8. The molecule has 2 heterocycles. The van der Waals surface area contributed by atoms with Gasteiger partial charge in [-0.15, -0.1) is 0 Å². The van der Waals surface area contributed by atoms with Crippen molar-refractivity contribution in [3.8, 4) is 0 Å². The maximum atomic E-state index is 12.9. The summed E-state index contributed by atoms with van der Waals surface area (Å²) in [6, 6.07) is 15.2. The van der Waals surface area contributed by atoms with E-state index >= 15 is 0 Å². The minimum atomic E-state index is -0.151. The van der Waals surface area contributed by atoms with Gasteiger partial charge in [-0.3, -0.25) is 14.3 Å². The molecule has 3 aromatic rings. The van der Waals surface area contributed by atoms with Crippen LogP contribution in [0.5, 0.6) is 0 Å². The highest BCUT2D eigenvalue weighted by Gasteiger charge is 2.25. The summed E-state index contributed by atoms with van der Waals surface area (Å²) < 4.78 is 1.89. The molecule has 0 aliphatic carbocycles. The lowest BCUT2D eigenvalue weighted by Gasteiger charge is -2.30. The molecule has 0 radical (unpaired) electrons. The average Bonchev–Trinajstić information content (AvgIpc) is 3.19. The van der Waals surface area contributed by atoms with E-state index in [-0.39, 0.29) is 23.9 Å². The summed E-state index contributed by atoms with van der Waals surface area (Å²) in [7, 11) is 0. The van der Waals surface area contributed by atoms with Crippen LogP contribution in [0.3, 0.4) is 0 Å². The third-order valence-electron chi connectivity index (χ3n) is 6.10. The zero-order chi connectivity index (χ0) is 23.4. The fourth-order valence-electron chi connectivity index (χ4n) is 4.41. The van der Waals surface area contributed by atoms with E-state index in [4.69, 9.17) is 5.73 Å². The molecular formula is C25H32N6O2. The zero-order valence-corrected chi connectivity index (χ0v) is 19.2. The van der Waals surface area contributed by atoms with Gasteiger partial charge in [0, 0.05) is 41.8 Å². The fraction of sp³-hybridized carbons (Fsp3) is 0.400. The van der Waals surface area contributed by atoms with Gasteiger partial charge in [0.2, 0.25) is 5.91 Å². The van der Waals surface area contributed by atoms with Crippen molar-refractivity contribution in [1.82, 2.24) is 20.4 Å². The molecule has 1 aromatic heterocycles. The van der Waals surface area contributed by atoms with Gasteiger partial charge >= 0.3 is 0 Å². The molecule has 2 atom stereocenters. The number of carbonyl (C=O) groups excluding carboxylic acids is 2. The number of aromatic nitrogens is 2. The van der Waals surface area contributed by atoms with E-state index in [1.807, 2.05) is 28.9 Å². The summed E-state index contributed by atoms with van der Waals surface area (Å²) >= 11 is 0. The Balaban J connectivity index is 1.32. The highest BCUT2D eigenvalue weighted by Crippen LogP contribution is 2.23. The van der Waals surface area contributed by atoms with E-state index < -0.39 is 0 Å². The Morgan fingerprint density at radius 3 is 2.70 bits per heavy atom. The number of nitrogen functional groups attached to an aromatic ring is 1. The smallest absolute Gasteiger partial charge is 0.272 e. The van der Waals surface area contributed by atoms with Crippen molar-refractivity contribution in [2.45, 2.75) is 45.2 Å². The summed E-state index contributed by atoms with van der Waals surface area (Å²) in [6.07, 6.45) is 2.17. The van der Waals surface area contributed by atoms with E-state index in [0.717, 1.165) is 36.0 Å². The molecule has 0 saturated carbocycles. The zero-order valence-electron chi connectivity index (χ0n) is 19.2. The third-order valence-corrected chi connectivity index (χ3v) is 6.10. The second-order valence-corrected chi connectivity index (χ2v) is 9.03. The van der Waals surface area contributed by atoms with E-state index in [9.17, 15) is 9.59 Å². The normalized spacial score (nSPS) is 18.4. The standard InChI is InChI=1S/C25H32N6O2/c1-16(2)31-22-6-4-3-5-21(22)24(30-31)25(33)28-15-17-11-12-27-20(13-17)14-23(32)29-19-9-7-18(26)8-10-19/h3-10,16-17,20,27H,11-15,26H2,1-2H3,(H,28,33)(H,29,32). The molecule has 1 saturated heterocycles. The van der Waals surface area contributed by atoms with E-state index in [1.54, 1.807) is 24.3 Å². The Labute approximate surface area is 193 Å². The molecule has 4 rings (SSSR count). The maximum absolute atomic E-state index is 12.9. The Kier molecular flexibility index (Phi) is 6.93. The van der Waals surface area contributed by atoms with Crippen LogP contribution in [0.4, 0.5) is 11.4 Å². The Morgan fingerprint density at radius 1 is 1.18 bits per heavy atom. The van der Waals surface area contributed by atoms with Gasteiger partial charge < -0.3 is 21.7 Å². The van der Waals surface area contributed by atoms with Crippen molar-refractivity contribution in [1.29, 1.82) is 0 Å². The minimum absolute atomic E-state index is 0.0346. The molecule has 1 fully saturated rings. The van der Waals surface area contributed by atoms with Gasteiger partial charge in [0.1, 0.15) is 0 Å². The highest BCUT2D eigenvalue weighted by molar-refractivity contribution is 6.04. The molecule has 2 amide bonds. The molecule has 8 heteroatoms. The van der Waals surface area contributed by atoms with E-state index in [0.29, 0.717) is 30.3 Å². The van der Waals surface area contributed by atoms with Crippen LogP contribution in [-0.4, -0.2) is 40.7 Å². The van der Waals surface area contributed by atoms with Crippen molar-refractivity contribution in [2.24, 2.45) is 5.92 Å². The predicted molar refractivity (Wildman–Crippen MR) is 131 cm³/mol. The number of benzene rings is 2. The maximum Gasteiger partial charge on any atom is 0.272 e. The lowest BCUT2D eigenvalue weighted by molar-refractivity contribution is -0.116. The monoisotopic (exact) mass is 448 g/mol. The molecule has 2 unspecified atom stereocenters. The number of carbonyl (C=O) groups is 2. The lowest BCUT2D eigenvalue weighted by Crippen LogP contribution is -2.43. The average molecular weight is 449 g/mol. The largest absolute Gasteiger partial charge is 0.399 e. The molecule has 0 spiro atoms. The predicted octanol–water partition coefficient (Wildman–Crippen LogP) is 3.33.